The zero-order valence-corrected chi connectivity index (χ0v) is 11.2. The number of ether oxygens (including phenoxy) is 1. The monoisotopic (exact) mass is 275 g/mol. The number of benzene rings is 2. The third-order valence-electron chi connectivity index (χ3n) is 3.44. The Bertz CT molecular complexity index is 802. The van der Waals surface area contributed by atoms with Crippen molar-refractivity contribution in [3.05, 3.63) is 66.9 Å². The van der Waals surface area contributed by atoms with Crippen molar-refractivity contribution in [2.24, 2.45) is 0 Å². The Morgan fingerprint density at radius 2 is 1.76 bits per heavy atom. The third kappa shape index (κ3) is 1.89. The molecule has 1 aromatic heterocycles. The molecule has 0 saturated heterocycles. The van der Waals surface area contributed by atoms with Crippen LogP contribution < -0.4 is 15.4 Å². The highest BCUT2D eigenvalue weighted by molar-refractivity contribution is 5.86. The van der Waals surface area contributed by atoms with Crippen LogP contribution in [0.3, 0.4) is 0 Å². The predicted molar refractivity (Wildman–Crippen MR) is 83.4 cm³/mol. The van der Waals surface area contributed by atoms with Crippen molar-refractivity contribution in [3.63, 3.8) is 0 Å². The summed E-state index contributed by atoms with van der Waals surface area (Å²) in [7, 11) is 0. The molecule has 1 aliphatic rings. The number of anilines is 4. The van der Waals surface area contributed by atoms with E-state index in [1.807, 2.05) is 48.5 Å². The van der Waals surface area contributed by atoms with Gasteiger partial charge in [-0.2, -0.15) is 0 Å². The second kappa shape index (κ2) is 4.52. The van der Waals surface area contributed by atoms with Crippen LogP contribution in [0.2, 0.25) is 0 Å². The minimum Gasteiger partial charge on any atom is -0.435 e. The number of nitrogens with zero attached hydrogens (tertiary/aromatic N) is 2. The first kappa shape index (κ1) is 11.8. The summed E-state index contributed by atoms with van der Waals surface area (Å²) in [6.45, 7) is 0. The van der Waals surface area contributed by atoms with Gasteiger partial charge in [-0.3, -0.25) is 0 Å². The predicted octanol–water partition coefficient (Wildman–Crippen LogP) is 4.24. The van der Waals surface area contributed by atoms with Crippen molar-refractivity contribution in [2.75, 3.05) is 10.6 Å². The van der Waals surface area contributed by atoms with Crippen LogP contribution in [-0.2, 0) is 0 Å². The molecule has 2 heterocycles. The molecule has 4 nitrogen and oxygen atoms in total. The lowest BCUT2D eigenvalue weighted by Crippen LogP contribution is -2.16. The van der Waals surface area contributed by atoms with Crippen LogP contribution in [0, 0.1) is 0 Å². The number of aromatic nitrogens is 1. The van der Waals surface area contributed by atoms with Gasteiger partial charge in [-0.1, -0.05) is 18.2 Å². The van der Waals surface area contributed by atoms with Crippen molar-refractivity contribution < 1.29 is 4.74 Å². The molecular formula is C17H13N3O. The molecule has 3 aromatic rings. The normalized spacial score (nSPS) is 12.3. The van der Waals surface area contributed by atoms with Crippen LogP contribution in [-0.4, -0.2) is 4.98 Å². The second-order valence-electron chi connectivity index (χ2n) is 4.83. The molecule has 0 fully saturated rings. The minimum absolute atomic E-state index is 0.596. The SMILES string of the molecule is Nc1ccc2c(c1)N(c1ccccc1)c1cccnc1O2. The van der Waals surface area contributed by atoms with Gasteiger partial charge in [0.1, 0.15) is 5.69 Å². The van der Waals surface area contributed by atoms with Gasteiger partial charge in [0.2, 0.25) is 5.88 Å². The lowest BCUT2D eigenvalue weighted by atomic mass is 10.1. The summed E-state index contributed by atoms with van der Waals surface area (Å²) >= 11 is 0. The van der Waals surface area contributed by atoms with Gasteiger partial charge in [0.15, 0.2) is 5.75 Å². The third-order valence-corrected chi connectivity index (χ3v) is 3.44. The van der Waals surface area contributed by atoms with Crippen LogP contribution in [0.4, 0.5) is 22.7 Å². The van der Waals surface area contributed by atoms with E-state index >= 15 is 0 Å². The van der Waals surface area contributed by atoms with E-state index in [1.165, 1.54) is 0 Å². The average molecular weight is 275 g/mol. The summed E-state index contributed by atoms with van der Waals surface area (Å²) in [5.74, 6) is 1.35. The molecule has 0 bridgehead atoms. The van der Waals surface area contributed by atoms with Gasteiger partial charge >= 0.3 is 0 Å². The number of hydrogen-bond acceptors (Lipinski definition) is 4. The number of hydrogen-bond donors (Lipinski definition) is 1. The Kier molecular flexibility index (Phi) is 2.54. The number of nitrogens with two attached hydrogens (primary N) is 1. The highest BCUT2D eigenvalue weighted by Gasteiger charge is 2.26. The molecule has 4 heteroatoms. The molecule has 2 aromatic carbocycles. The Morgan fingerprint density at radius 1 is 0.905 bits per heavy atom. The largest absolute Gasteiger partial charge is 0.435 e. The Hall–Kier alpha value is -3.01. The van der Waals surface area contributed by atoms with E-state index in [0.29, 0.717) is 11.6 Å². The first-order valence-electron chi connectivity index (χ1n) is 6.70. The summed E-state index contributed by atoms with van der Waals surface area (Å²) in [5, 5.41) is 0. The lowest BCUT2D eigenvalue weighted by molar-refractivity contribution is 0.457. The number of nitrogen functional groups attached to an aromatic ring is 1. The first-order chi connectivity index (χ1) is 10.3. The molecule has 0 saturated carbocycles. The highest BCUT2D eigenvalue weighted by Crippen LogP contribution is 2.49. The topological polar surface area (TPSA) is 51.4 Å². The van der Waals surface area contributed by atoms with Crippen molar-refractivity contribution >= 4 is 22.7 Å². The maximum Gasteiger partial charge on any atom is 0.243 e. The summed E-state index contributed by atoms with van der Waals surface area (Å²) in [6.07, 6.45) is 1.73. The van der Waals surface area contributed by atoms with E-state index in [9.17, 15) is 0 Å². The van der Waals surface area contributed by atoms with Gasteiger partial charge < -0.3 is 15.4 Å². The van der Waals surface area contributed by atoms with Crippen LogP contribution in [0.1, 0.15) is 0 Å². The molecule has 0 radical (unpaired) electrons. The van der Waals surface area contributed by atoms with Gasteiger partial charge in [-0.05, 0) is 42.5 Å². The second-order valence-corrected chi connectivity index (χ2v) is 4.83. The van der Waals surface area contributed by atoms with Crippen molar-refractivity contribution in [3.8, 4) is 11.6 Å². The number of para-hydroxylation sites is 1. The average Bonchev–Trinajstić information content (AvgIpc) is 2.53. The number of fused-ring (bicyclic) bond motifs is 2. The first-order valence-corrected chi connectivity index (χ1v) is 6.70. The van der Waals surface area contributed by atoms with Gasteiger partial charge in [-0.25, -0.2) is 4.98 Å². The molecule has 4 rings (SSSR count). The Balaban J connectivity index is 1.98. The van der Waals surface area contributed by atoms with E-state index in [0.717, 1.165) is 22.8 Å². The summed E-state index contributed by atoms with van der Waals surface area (Å²) < 4.78 is 5.88. The van der Waals surface area contributed by atoms with Crippen LogP contribution in [0.15, 0.2) is 66.9 Å². The zero-order chi connectivity index (χ0) is 14.2. The summed E-state index contributed by atoms with van der Waals surface area (Å²) in [6, 6.07) is 19.6. The molecule has 2 N–H and O–H groups in total. The summed E-state index contributed by atoms with van der Waals surface area (Å²) in [4.78, 5) is 6.43. The van der Waals surface area contributed by atoms with E-state index in [1.54, 1.807) is 6.20 Å². The van der Waals surface area contributed by atoms with Crippen molar-refractivity contribution in [1.82, 2.24) is 4.98 Å². The molecule has 0 aliphatic carbocycles. The number of pyridine rings is 1. The van der Waals surface area contributed by atoms with E-state index in [4.69, 9.17) is 10.5 Å². The highest BCUT2D eigenvalue weighted by atomic mass is 16.5. The van der Waals surface area contributed by atoms with Crippen LogP contribution in [0.25, 0.3) is 0 Å². The standard InChI is InChI=1S/C17H13N3O/c18-12-8-9-16-15(11-12)20(13-5-2-1-3-6-13)14-7-4-10-19-17(14)21-16/h1-11H,18H2. The van der Waals surface area contributed by atoms with Gasteiger partial charge in [0.05, 0.1) is 5.69 Å². The van der Waals surface area contributed by atoms with E-state index in [2.05, 4.69) is 22.0 Å². The lowest BCUT2D eigenvalue weighted by Gasteiger charge is -2.32. The van der Waals surface area contributed by atoms with Crippen LogP contribution >= 0.6 is 0 Å². The Labute approximate surface area is 122 Å². The fourth-order valence-corrected chi connectivity index (χ4v) is 2.52. The van der Waals surface area contributed by atoms with E-state index < -0.39 is 0 Å². The van der Waals surface area contributed by atoms with Crippen molar-refractivity contribution in [2.45, 2.75) is 0 Å². The molecule has 21 heavy (non-hydrogen) atoms. The molecule has 0 amide bonds. The molecule has 1 aliphatic heterocycles. The zero-order valence-electron chi connectivity index (χ0n) is 11.2. The quantitative estimate of drug-likeness (QED) is 0.528. The van der Waals surface area contributed by atoms with Crippen LogP contribution in [0.5, 0.6) is 11.6 Å². The maximum absolute atomic E-state index is 5.94. The molecule has 0 unspecified atom stereocenters. The molecular weight excluding hydrogens is 262 g/mol. The molecule has 0 atom stereocenters. The number of rotatable bonds is 1. The van der Waals surface area contributed by atoms with Gasteiger partial charge in [-0.15, -0.1) is 0 Å². The van der Waals surface area contributed by atoms with Gasteiger partial charge in [0.25, 0.3) is 0 Å². The van der Waals surface area contributed by atoms with Crippen molar-refractivity contribution in [1.29, 1.82) is 0 Å². The minimum atomic E-state index is 0.596. The Morgan fingerprint density at radius 3 is 2.62 bits per heavy atom. The molecule has 0 spiro atoms. The van der Waals surface area contributed by atoms with E-state index in [-0.39, 0.29) is 0 Å². The molecule has 102 valence electrons. The fraction of sp³-hybridized carbons (Fsp3) is 0. The van der Waals surface area contributed by atoms with Gasteiger partial charge in [0, 0.05) is 17.6 Å². The summed E-state index contributed by atoms with van der Waals surface area (Å²) in [5.41, 5.74) is 9.51. The maximum atomic E-state index is 5.94. The smallest absolute Gasteiger partial charge is 0.243 e. The fourth-order valence-electron chi connectivity index (χ4n) is 2.52.